The fourth-order valence-corrected chi connectivity index (χ4v) is 2.42. The van der Waals surface area contributed by atoms with Crippen molar-refractivity contribution in [3.05, 3.63) is 18.4 Å². The van der Waals surface area contributed by atoms with Gasteiger partial charge in [0.2, 0.25) is 5.91 Å². The number of carbonyl (C=O) groups excluding carboxylic acids is 1. The van der Waals surface area contributed by atoms with E-state index in [1.807, 2.05) is 5.32 Å². The van der Waals surface area contributed by atoms with Crippen LogP contribution < -0.4 is 5.32 Å². The predicted molar refractivity (Wildman–Crippen MR) is 73.1 cm³/mol. The summed E-state index contributed by atoms with van der Waals surface area (Å²) >= 11 is 1.02. The minimum atomic E-state index is -4.43. The Morgan fingerprint density at radius 3 is 2.82 bits per heavy atom. The number of rotatable bonds is 5. The summed E-state index contributed by atoms with van der Waals surface area (Å²) in [6, 6.07) is 3.40. The first-order chi connectivity index (χ1) is 10.3. The first-order valence-corrected chi connectivity index (χ1v) is 7.10. The Kier molecular flexibility index (Phi) is 4.79. The Morgan fingerprint density at radius 1 is 1.50 bits per heavy atom. The molecule has 2 heterocycles. The first kappa shape index (κ1) is 16.4. The zero-order valence-corrected chi connectivity index (χ0v) is 12.5. The molecule has 0 aliphatic heterocycles. The van der Waals surface area contributed by atoms with Gasteiger partial charge in [0.15, 0.2) is 16.7 Å². The van der Waals surface area contributed by atoms with Gasteiger partial charge in [-0.2, -0.15) is 13.2 Å². The van der Waals surface area contributed by atoms with Gasteiger partial charge in [0.25, 0.3) is 0 Å². The average Bonchev–Trinajstić information content (AvgIpc) is 3.06. The Morgan fingerprint density at radius 2 is 2.23 bits per heavy atom. The molecule has 120 valence electrons. The van der Waals surface area contributed by atoms with E-state index in [-0.39, 0.29) is 0 Å². The predicted octanol–water partition coefficient (Wildman–Crippen LogP) is 2.23. The van der Waals surface area contributed by atoms with Gasteiger partial charge < -0.3 is 14.3 Å². The first-order valence-electron chi connectivity index (χ1n) is 6.22. The lowest BCUT2D eigenvalue weighted by atomic mass is 10.4. The largest absolute Gasteiger partial charge is 0.461 e. The van der Waals surface area contributed by atoms with Gasteiger partial charge in [-0.25, -0.2) is 0 Å². The summed E-state index contributed by atoms with van der Waals surface area (Å²) in [5.41, 5.74) is 0. The summed E-state index contributed by atoms with van der Waals surface area (Å²) in [7, 11) is 1.68. The van der Waals surface area contributed by atoms with Crippen molar-refractivity contribution in [1.82, 2.24) is 20.1 Å². The Hall–Kier alpha value is -1.97. The lowest BCUT2D eigenvalue weighted by Gasteiger charge is -2.12. The Labute approximate surface area is 128 Å². The number of carbonyl (C=O) groups is 1. The number of nitrogens with one attached hydrogen (secondary N) is 1. The van der Waals surface area contributed by atoms with Crippen molar-refractivity contribution in [2.24, 2.45) is 7.05 Å². The highest BCUT2D eigenvalue weighted by atomic mass is 32.2. The molecule has 0 saturated heterocycles. The smallest absolute Gasteiger partial charge is 0.405 e. The highest BCUT2D eigenvalue weighted by molar-refractivity contribution is 8.00. The van der Waals surface area contributed by atoms with Crippen LogP contribution >= 0.6 is 11.8 Å². The summed E-state index contributed by atoms with van der Waals surface area (Å²) in [6.45, 7) is 0.144. The van der Waals surface area contributed by atoms with E-state index in [9.17, 15) is 18.0 Å². The van der Waals surface area contributed by atoms with Crippen molar-refractivity contribution in [3.8, 4) is 11.6 Å². The van der Waals surface area contributed by atoms with Crippen LogP contribution in [0, 0.1) is 0 Å². The third-order valence-electron chi connectivity index (χ3n) is 2.69. The summed E-state index contributed by atoms with van der Waals surface area (Å²) in [5, 5.41) is 9.36. The molecule has 0 saturated carbocycles. The molecule has 1 amide bonds. The van der Waals surface area contributed by atoms with E-state index in [0.717, 1.165) is 11.8 Å². The normalized spacial score (nSPS) is 13.1. The van der Waals surface area contributed by atoms with Gasteiger partial charge >= 0.3 is 6.18 Å². The van der Waals surface area contributed by atoms with Gasteiger partial charge in [-0.05, 0) is 19.1 Å². The second kappa shape index (κ2) is 6.42. The quantitative estimate of drug-likeness (QED) is 0.849. The van der Waals surface area contributed by atoms with E-state index in [1.54, 1.807) is 23.7 Å². The molecule has 0 aliphatic rings. The fourth-order valence-electron chi connectivity index (χ4n) is 1.58. The lowest BCUT2D eigenvalue weighted by Crippen LogP contribution is -2.38. The van der Waals surface area contributed by atoms with Crippen LogP contribution in [0.15, 0.2) is 28.0 Å². The topological polar surface area (TPSA) is 73.0 Å². The minimum absolute atomic E-state index is 0.404. The van der Waals surface area contributed by atoms with Gasteiger partial charge in [-0.3, -0.25) is 4.79 Å². The molecule has 1 atom stereocenters. The van der Waals surface area contributed by atoms with Crippen molar-refractivity contribution < 1.29 is 22.4 Å². The summed E-state index contributed by atoms with van der Waals surface area (Å²) in [6.07, 6.45) is -2.94. The molecule has 0 spiro atoms. The van der Waals surface area contributed by atoms with Crippen LogP contribution in [0.4, 0.5) is 13.2 Å². The molecular formula is C12H13F3N4O2S. The number of halogens is 3. The van der Waals surface area contributed by atoms with Gasteiger partial charge in [-0.1, -0.05) is 11.8 Å². The van der Waals surface area contributed by atoms with Crippen molar-refractivity contribution in [2.45, 2.75) is 23.5 Å². The van der Waals surface area contributed by atoms with Crippen LogP contribution in [-0.2, 0) is 11.8 Å². The maximum atomic E-state index is 12.1. The van der Waals surface area contributed by atoms with E-state index in [1.165, 1.54) is 13.2 Å². The Bertz CT molecular complexity index is 639. The van der Waals surface area contributed by atoms with E-state index < -0.39 is 23.9 Å². The number of hydrogen-bond donors (Lipinski definition) is 1. The molecule has 1 N–H and O–H groups in total. The van der Waals surface area contributed by atoms with E-state index in [4.69, 9.17) is 4.42 Å². The number of furan rings is 1. The van der Waals surface area contributed by atoms with Crippen molar-refractivity contribution in [1.29, 1.82) is 0 Å². The maximum absolute atomic E-state index is 12.1. The number of alkyl halides is 3. The van der Waals surface area contributed by atoms with Gasteiger partial charge in [0.1, 0.15) is 6.54 Å². The molecule has 0 aliphatic carbocycles. The second-order valence-electron chi connectivity index (χ2n) is 4.44. The highest BCUT2D eigenvalue weighted by Gasteiger charge is 2.29. The third kappa shape index (κ3) is 4.03. The molecule has 0 bridgehead atoms. The number of hydrogen-bond acceptors (Lipinski definition) is 5. The van der Waals surface area contributed by atoms with E-state index >= 15 is 0 Å². The summed E-state index contributed by atoms with van der Waals surface area (Å²) in [4.78, 5) is 11.6. The van der Waals surface area contributed by atoms with E-state index in [0.29, 0.717) is 16.7 Å². The van der Waals surface area contributed by atoms with Crippen molar-refractivity contribution in [3.63, 3.8) is 0 Å². The molecular weight excluding hydrogens is 321 g/mol. The molecule has 2 rings (SSSR count). The molecule has 22 heavy (non-hydrogen) atoms. The molecule has 0 aromatic carbocycles. The minimum Gasteiger partial charge on any atom is -0.461 e. The second-order valence-corrected chi connectivity index (χ2v) is 5.74. The van der Waals surface area contributed by atoms with Gasteiger partial charge in [-0.15, -0.1) is 10.2 Å². The monoisotopic (exact) mass is 334 g/mol. The number of nitrogens with zero attached hydrogens (tertiary/aromatic N) is 3. The van der Waals surface area contributed by atoms with Crippen LogP contribution in [0.1, 0.15) is 6.92 Å². The fraction of sp³-hybridized carbons (Fsp3) is 0.417. The zero-order chi connectivity index (χ0) is 16.3. The van der Waals surface area contributed by atoms with Crippen LogP contribution in [0.5, 0.6) is 0 Å². The standard InChI is InChI=1S/C12H13F3N4O2S/c1-7(10(20)16-6-12(13,14)15)22-11-18-17-9(19(11)2)8-4-3-5-21-8/h3-5,7H,6H2,1-2H3,(H,16,20). The van der Waals surface area contributed by atoms with Crippen LogP contribution in [0.25, 0.3) is 11.6 Å². The van der Waals surface area contributed by atoms with Crippen molar-refractivity contribution in [2.75, 3.05) is 6.54 Å². The van der Waals surface area contributed by atoms with E-state index in [2.05, 4.69) is 10.2 Å². The maximum Gasteiger partial charge on any atom is 0.405 e. The molecule has 0 radical (unpaired) electrons. The number of thioether (sulfide) groups is 1. The SMILES string of the molecule is CC(Sc1nnc(-c2ccco2)n1C)C(=O)NCC(F)(F)F. The Balaban J connectivity index is 2.00. The highest BCUT2D eigenvalue weighted by Crippen LogP contribution is 2.26. The zero-order valence-electron chi connectivity index (χ0n) is 11.7. The van der Waals surface area contributed by atoms with Crippen LogP contribution in [0.2, 0.25) is 0 Å². The molecule has 2 aromatic heterocycles. The van der Waals surface area contributed by atoms with Gasteiger partial charge in [0.05, 0.1) is 11.5 Å². The summed E-state index contributed by atoms with van der Waals surface area (Å²) in [5.74, 6) is 0.260. The molecule has 2 aromatic rings. The lowest BCUT2D eigenvalue weighted by molar-refractivity contribution is -0.137. The average molecular weight is 334 g/mol. The molecule has 0 fully saturated rings. The number of aromatic nitrogens is 3. The third-order valence-corrected chi connectivity index (χ3v) is 3.82. The van der Waals surface area contributed by atoms with Crippen LogP contribution in [-0.4, -0.2) is 38.6 Å². The molecule has 10 heteroatoms. The van der Waals surface area contributed by atoms with Crippen molar-refractivity contribution >= 4 is 17.7 Å². The number of amides is 1. The summed E-state index contributed by atoms with van der Waals surface area (Å²) < 4.78 is 43.0. The molecule has 1 unspecified atom stereocenters. The van der Waals surface area contributed by atoms with Gasteiger partial charge in [0, 0.05) is 7.05 Å². The molecule has 6 nitrogen and oxygen atoms in total. The van der Waals surface area contributed by atoms with Crippen LogP contribution in [0.3, 0.4) is 0 Å².